The molecule has 3 unspecified atom stereocenters. The summed E-state index contributed by atoms with van der Waals surface area (Å²) in [6.07, 6.45) is 0.933. The largest absolute Gasteiger partial charge is 0.330 e. The first-order valence-corrected chi connectivity index (χ1v) is 8.21. The first-order valence-electron chi connectivity index (χ1n) is 8.21. The molecular formula is C19H27FN4. The van der Waals surface area contributed by atoms with Gasteiger partial charge < -0.3 is 22.9 Å². The Morgan fingerprint density at radius 3 is 2.12 bits per heavy atom. The number of nitrogens with two attached hydrogens (primary N) is 4. The monoisotopic (exact) mass is 330 g/mol. The molecule has 0 heterocycles. The summed E-state index contributed by atoms with van der Waals surface area (Å²) in [6, 6.07) is 13.6. The molecule has 0 saturated carbocycles. The van der Waals surface area contributed by atoms with Gasteiger partial charge in [0.15, 0.2) is 0 Å². The molecule has 5 heteroatoms. The minimum Gasteiger partial charge on any atom is -0.330 e. The molecule has 0 aliphatic rings. The Bertz CT molecular complexity index is 628. The fraction of sp³-hybridized carbons (Fsp3) is 0.368. The van der Waals surface area contributed by atoms with Crippen LogP contribution in [0.2, 0.25) is 0 Å². The first-order chi connectivity index (χ1) is 11.4. The van der Waals surface area contributed by atoms with E-state index in [-0.39, 0.29) is 11.9 Å². The quantitative estimate of drug-likeness (QED) is 0.620. The van der Waals surface area contributed by atoms with Crippen LogP contribution in [0.3, 0.4) is 0 Å². The lowest BCUT2D eigenvalue weighted by atomic mass is 9.76. The molecule has 130 valence electrons. The van der Waals surface area contributed by atoms with E-state index in [9.17, 15) is 4.39 Å². The number of benzene rings is 2. The van der Waals surface area contributed by atoms with E-state index < -0.39 is 11.6 Å². The van der Waals surface area contributed by atoms with Gasteiger partial charge in [-0.2, -0.15) is 0 Å². The van der Waals surface area contributed by atoms with E-state index >= 15 is 0 Å². The molecule has 2 rings (SSSR count). The Morgan fingerprint density at radius 2 is 1.54 bits per heavy atom. The predicted molar refractivity (Wildman–Crippen MR) is 96.8 cm³/mol. The van der Waals surface area contributed by atoms with Gasteiger partial charge in [-0.15, -0.1) is 0 Å². The Hall–Kier alpha value is -1.79. The highest BCUT2D eigenvalue weighted by Crippen LogP contribution is 2.35. The van der Waals surface area contributed by atoms with Gasteiger partial charge in [-0.1, -0.05) is 42.5 Å². The van der Waals surface area contributed by atoms with Gasteiger partial charge in [-0.05, 0) is 43.5 Å². The lowest BCUT2D eigenvalue weighted by Crippen LogP contribution is -2.51. The standard InChI is InChI=1S/C19H27FN4/c1-13-6-2-3-7-14(13)19(24,12-18(23)17(22)10-11-21)15-8-4-5-9-16(15)20/h2-9,17-18H,10-12,21-24H2,1H3. The van der Waals surface area contributed by atoms with Crippen LogP contribution in [-0.2, 0) is 5.54 Å². The van der Waals surface area contributed by atoms with Crippen LogP contribution >= 0.6 is 0 Å². The van der Waals surface area contributed by atoms with E-state index in [2.05, 4.69) is 0 Å². The van der Waals surface area contributed by atoms with E-state index in [1.165, 1.54) is 6.07 Å². The van der Waals surface area contributed by atoms with Crippen molar-refractivity contribution in [3.63, 3.8) is 0 Å². The molecule has 3 atom stereocenters. The Morgan fingerprint density at radius 1 is 0.958 bits per heavy atom. The zero-order valence-corrected chi connectivity index (χ0v) is 14.1. The van der Waals surface area contributed by atoms with Crippen LogP contribution in [-0.4, -0.2) is 18.6 Å². The highest BCUT2D eigenvalue weighted by atomic mass is 19.1. The average Bonchev–Trinajstić information content (AvgIpc) is 2.55. The topological polar surface area (TPSA) is 104 Å². The summed E-state index contributed by atoms with van der Waals surface area (Å²) >= 11 is 0. The summed E-state index contributed by atoms with van der Waals surface area (Å²) in [5, 5.41) is 0. The minimum absolute atomic E-state index is 0.284. The minimum atomic E-state index is -1.05. The Balaban J connectivity index is 2.50. The molecule has 0 amide bonds. The fourth-order valence-corrected chi connectivity index (χ4v) is 3.19. The van der Waals surface area contributed by atoms with E-state index in [0.717, 1.165) is 11.1 Å². The van der Waals surface area contributed by atoms with Crippen molar-refractivity contribution in [3.8, 4) is 0 Å². The van der Waals surface area contributed by atoms with Gasteiger partial charge in [0.1, 0.15) is 5.82 Å². The molecule has 2 aromatic carbocycles. The smallest absolute Gasteiger partial charge is 0.128 e. The third-order valence-electron chi connectivity index (χ3n) is 4.59. The molecule has 0 saturated heterocycles. The number of hydrogen-bond acceptors (Lipinski definition) is 4. The van der Waals surface area contributed by atoms with Crippen molar-refractivity contribution in [3.05, 3.63) is 71.0 Å². The number of hydrogen-bond donors (Lipinski definition) is 4. The number of rotatable bonds is 7. The van der Waals surface area contributed by atoms with Crippen molar-refractivity contribution >= 4 is 0 Å². The van der Waals surface area contributed by atoms with Gasteiger partial charge in [0.2, 0.25) is 0 Å². The third kappa shape index (κ3) is 3.82. The Kier molecular flexibility index (Phi) is 6.07. The maximum absolute atomic E-state index is 14.5. The van der Waals surface area contributed by atoms with E-state index in [1.54, 1.807) is 18.2 Å². The lowest BCUT2D eigenvalue weighted by molar-refractivity contribution is 0.370. The van der Waals surface area contributed by atoms with Gasteiger partial charge in [0, 0.05) is 17.6 Å². The van der Waals surface area contributed by atoms with Gasteiger partial charge in [-0.3, -0.25) is 0 Å². The van der Waals surface area contributed by atoms with E-state index in [1.807, 2.05) is 31.2 Å². The summed E-state index contributed by atoms with van der Waals surface area (Å²) in [5.41, 5.74) is 26.0. The zero-order valence-electron chi connectivity index (χ0n) is 14.1. The van der Waals surface area contributed by atoms with Crippen molar-refractivity contribution in [2.24, 2.45) is 22.9 Å². The maximum atomic E-state index is 14.5. The van der Waals surface area contributed by atoms with E-state index in [0.29, 0.717) is 24.9 Å². The molecule has 24 heavy (non-hydrogen) atoms. The zero-order chi connectivity index (χ0) is 17.7. The molecule has 2 aromatic rings. The second-order valence-electron chi connectivity index (χ2n) is 6.38. The lowest BCUT2D eigenvalue weighted by Gasteiger charge is -2.36. The van der Waals surface area contributed by atoms with Gasteiger partial charge >= 0.3 is 0 Å². The SMILES string of the molecule is Cc1ccccc1C(N)(CC(N)C(N)CCN)c1ccccc1F. The molecule has 0 aliphatic heterocycles. The van der Waals surface area contributed by atoms with Crippen molar-refractivity contribution < 1.29 is 4.39 Å². The van der Waals surface area contributed by atoms with Crippen LogP contribution < -0.4 is 22.9 Å². The molecule has 0 bridgehead atoms. The van der Waals surface area contributed by atoms with Crippen molar-refractivity contribution in [2.75, 3.05) is 6.54 Å². The predicted octanol–water partition coefficient (Wildman–Crippen LogP) is 1.73. The second kappa shape index (κ2) is 7.85. The molecule has 8 N–H and O–H groups in total. The molecule has 0 radical (unpaired) electrons. The van der Waals surface area contributed by atoms with Crippen LogP contribution in [0.25, 0.3) is 0 Å². The van der Waals surface area contributed by atoms with E-state index in [4.69, 9.17) is 22.9 Å². The highest BCUT2D eigenvalue weighted by Gasteiger charge is 2.36. The number of aryl methyl sites for hydroxylation is 1. The van der Waals surface area contributed by atoms with Crippen molar-refractivity contribution in [1.29, 1.82) is 0 Å². The van der Waals surface area contributed by atoms with Crippen LogP contribution in [0.1, 0.15) is 29.5 Å². The summed E-state index contributed by atoms with van der Waals surface area (Å²) in [4.78, 5) is 0. The molecule has 4 nitrogen and oxygen atoms in total. The number of halogens is 1. The van der Waals surface area contributed by atoms with Gasteiger partial charge in [0.05, 0.1) is 5.54 Å². The second-order valence-corrected chi connectivity index (χ2v) is 6.38. The van der Waals surface area contributed by atoms with Crippen molar-refractivity contribution in [1.82, 2.24) is 0 Å². The maximum Gasteiger partial charge on any atom is 0.128 e. The molecule has 0 spiro atoms. The van der Waals surface area contributed by atoms with Crippen LogP contribution in [0.4, 0.5) is 4.39 Å². The Labute approximate surface area is 143 Å². The molecule has 0 fully saturated rings. The average molecular weight is 330 g/mol. The fourth-order valence-electron chi connectivity index (χ4n) is 3.19. The normalized spacial score (nSPS) is 16.4. The summed E-state index contributed by atoms with van der Waals surface area (Å²) in [5.74, 6) is -0.345. The third-order valence-corrected chi connectivity index (χ3v) is 4.59. The highest BCUT2D eigenvalue weighted by molar-refractivity contribution is 5.43. The summed E-state index contributed by atoms with van der Waals surface area (Å²) < 4.78 is 14.5. The molecule has 0 aliphatic carbocycles. The van der Waals surface area contributed by atoms with Gasteiger partial charge in [-0.25, -0.2) is 4.39 Å². The van der Waals surface area contributed by atoms with Crippen molar-refractivity contribution in [2.45, 2.75) is 37.4 Å². The molecular weight excluding hydrogens is 303 g/mol. The first kappa shape index (κ1) is 18.5. The van der Waals surface area contributed by atoms with Crippen LogP contribution in [0.15, 0.2) is 48.5 Å². The summed E-state index contributed by atoms with van der Waals surface area (Å²) in [6.45, 7) is 2.42. The van der Waals surface area contributed by atoms with Crippen LogP contribution in [0.5, 0.6) is 0 Å². The summed E-state index contributed by atoms with van der Waals surface area (Å²) in [7, 11) is 0. The van der Waals surface area contributed by atoms with Gasteiger partial charge in [0.25, 0.3) is 0 Å². The molecule has 0 aromatic heterocycles. The van der Waals surface area contributed by atoms with Crippen LogP contribution in [0, 0.1) is 12.7 Å².